The van der Waals surface area contributed by atoms with Crippen LogP contribution in [0.1, 0.15) is 6.92 Å². The lowest BCUT2D eigenvalue weighted by Crippen LogP contribution is -2.25. The zero-order chi connectivity index (χ0) is 11.5. The lowest BCUT2D eigenvalue weighted by Gasteiger charge is -2.06. The molecule has 0 aliphatic carbocycles. The Bertz CT molecular complexity index is 249. The summed E-state index contributed by atoms with van der Waals surface area (Å²) in [7, 11) is 0. The van der Waals surface area contributed by atoms with Gasteiger partial charge in [-0.1, -0.05) is 0 Å². The maximum absolute atomic E-state index is 10.8. The molecule has 0 aliphatic heterocycles. The number of hydrogen-bond donors (Lipinski definition) is 1. The van der Waals surface area contributed by atoms with Crippen molar-refractivity contribution in [3.63, 3.8) is 0 Å². The van der Waals surface area contributed by atoms with E-state index in [0.29, 0.717) is 19.1 Å². The largest absolute Gasteiger partial charge is 0.486 e. The van der Waals surface area contributed by atoms with Crippen molar-refractivity contribution in [2.24, 2.45) is 0 Å². The van der Waals surface area contributed by atoms with Gasteiger partial charge in [0.25, 0.3) is 0 Å². The highest BCUT2D eigenvalue weighted by molar-refractivity contribution is 5.79. The molecule has 0 atom stereocenters. The van der Waals surface area contributed by atoms with Gasteiger partial charge in [-0.15, -0.1) is 0 Å². The smallest absolute Gasteiger partial charge is 0.407 e. The van der Waals surface area contributed by atoms with Gasteiger partial charge in [0.05, 0.1) is 0 Å². The Balaban J connectivity index is 3.61. The van der Waals surface area contributed by atoms with Crippen molar-refractivity contribution in [2.75, 3.05) is 19.8 Å². The van der Waals surface area contributed by atoms with Crippen LogP contribution in [0, 0.1) is 0 Å². The van der Waals surface area contributed by atoms with E-state index in [0.717, 1.165) is 6.08 Å². The summed E-state index contributed by atoms with van der Waals surface area (Å²) in [4.78, 5) is 31.0. The highest BCUT2D eigenvalue weighted by atomic mass is 16.6. The third-order valence-corrected chi connectivity index (χ3v) is 1.25. The van der Waals surface area contributed by atoms with Crippen molar-refractivity contribution in [2.45, 2.75) is 6.92 Å². The van der Waals surface area contributed by atoms with Crippen molar-refractivity contribution in [1.29, 1.82) is 0 Å². The molecule has 0 saturated carbocycles. The second kappa shape index (κ2) is 8.74. The number of hydrogen-bond acceptors (Lipinski definition) is 5. The van der Waals surface area contributed by atoms with Gasteiger partial charge in [-0.3, -0.25) is 9.59 Å². The van der Waals surface area contributed by atoms with E-state index in [4.69, 9.17) is 4.74 Å². The Morgan fingerprint density at radius 1 is 1.27 bits per heavy atom. The summed E-state index contributed by atoms with van der Waals surface area (Å²) in [5.74, 6) is -0.0931. The molecular weight excluding hydrogens is 202 g/mol. The third-order valence-electron chi connectivity index (χ3n) is 1.25. The molecule has 6 nitrogen and oxygen atoms in total. The molecule has 6 heteroatoms. The number of rotatable bonds is 7. The monoisotopic (exact) mass is 215 g/mol. The van der Waals surface area contributed by atoms with E-state index >= 15 is 0 Å². The van der Waals surface area contributed by atoms with E-state index in [1.165, 1.54) is 0 Å². The van der Waals surface area contributed by atoms with Gasteiger partial charge in [0.1, 0.15) is 19.5 Å². The van der Waals surface area contributed by atoms with Gasteiger partial charge in [0.15, 0.2) is 12.0 Å². The maximum atomic E-state index is 10.8. The summed E-state index contributed by atoms with van der Waals surface area (Å²) >= 11 is 0. The first-order valence-electron chi connectivity index (χ1n) is 4.38. The standard InChI is InChI=1S/C9H13NO5/c1-2-10-9(13)15-6-5-14-8(7-12)3-4-11/h3-4,7H,2,5-6H2,1H3,(H,10,13). The number of carbonyl (C=O) groups excluding carboxylic acids is 3. The predicted molar refractivity (Wildman–Crippen MR) is 51.2 cm³/mol. The van der Waals surface area contributed by atoms with Crippen molar-refractivity contribution in [3.05, 3.63) is 11.8 Å². The zero-order valence-electron chi connectivity index (χ0n) is 8.39. The molecule has 0 aromatic heterocycles. The third kappa shape index (κ3) is 7.24. The highest BCUT2D eigenvalue weighted by Gasteiger charge is 2.00. The minimum absolute atomic E-state index is 0.00979. The molecule has 15 heavy (non-hydrogen) atoms. The second-order valence-electron chi connectivity index (χ2n) is 2.34. The van der Waals surface area contributed by atoms with Crippen LogP contribution < -0.4 is 5.32 Å². The van der Waals surface area contributed by atoms with Crippen LogP contribution in [0.15, 0.2) is 11.8 Å². The summed E-state index contributed by atoms with van der Waals surface area (Å²) in [6.07, 6.45) is 1.28. The molecule has 0 fully saturated rings. The normalized spacial score (nSPS) is 10.3. The quantitative estimate of drug-likeness (QED) is 0.280. The number of aldehydes is 2. The number of amides is 1. The Labute approximate surface area is 87.2 Å². The van der Waals surface area contributed by atoms with Crippen molar-refractivity contribution in [1.82, 2.24) is 5.32 Å². The van der Waals surface area contributed by atoms with Crippen LogP contribution in [0.2, 0.25) is 0 Å². The fourth-order valence-corrected chi connectivity index (χ4v) is 0.678. The lowest BCUT2D eigenvalue weighted by molar-refractivity contribution is -0.109. The first-order valence-corrected chi connectivity index (χ1v) is 4.38. The molecule has 0 heterocycles. The molecule has 0 aliphatic rings. The topological polar surface area (TPSA) is 81.7 Å². The molecule has 0 unspecified atom stereocenters. The van der Waals surface area contributed by atoms with Crippen LogP contribution in [0.5, 0.6) is 0 Å². The molecule has 0 radical (unpaired) electrons. The number of ether oxygens (including phenoxy) is 2. The number of alkyl carbamates (subject to hydrolysis) is 1. The van der Waals surface area contributed by atoms with Crippen LogP contribution in [-0.4, -0.2) is 38.4 Å². The summed E-state index contributed by atoms with van der Waals surface area (Å²) in [5, 5.41) is 2.42. The Morgan fingerprint density at radius 2 is 1.93 bits per heavy atom. The average Bonchev–Trinajstić information content (AvgIpc) is 2.23. The molecule has 0 rings (SSSR count). The van der Waals surface area contributed by atoms with E-state index in [9.17, 15) is 14.4 Å². The van der Waals surface area contributed by atoms with E-state index in [1.807, 2.05) is 0 Å². The Kier molecular flexibility index (Phi) is 7.66. The lowest BCUT2D eigenvalue weighted by atomic mass is 10.5. The molecule has 1 amide bonds. The molecule has 0 spiro atoms. The maximum Gasteiger partial charge on any atom is 0.407 e. The van der Waals surface area contributed by atoms with Crippen LogP contribution in [0.25, 0.3) is 0 Å². The van der Waals surface area contributed by atoms with Crippen LogP contribution in [0.4, 0.5) is 4.79 Å². The molecular formula is C9H13NO5. The van der Waals surface area contributed by atoms with Crippen molar-refractivity contribution < 1.29 is 23.9 Å². The Morgan fingerprint density at radius 3 is 2.47 bits per heavy atom. The number of nitrogens with one attached hydrogen (secondary N) is 1. The van der Waals surface area contributed by atoms with E-state index < -0.39 is 6.09 Å². The van der Waals surface area contributed by atoms with E-state index in [2.05, 4.69) is 10.1 Å². The van der Waals surface area contributed by atoms with Gasteiger partial charge in [-0.05, 0) is 6.92 Å². The number of carbonyl (C=O) groups is 3. The molecule has 0 aromatic rings. The summed E-state index contributed by atoms with van der Waals surface area (Å²) < 4.78 is 9.47. The first-order chi connectivity index (χ1) is 7.24. The van der Waals surface area contributed by atoms with Crippen LogP contribution in [-0.2, 0) is 19.1 Å². The second-order valence-corrected chi connectivity index (χ2v) is 2.34. The van der Waals surface area contributed by atoms with Gasteiger partial charge < -0.3 is 14.8 Å². The average molecular weight is 215 g/mol. The number of allylic oxidation sites excluding steroid dienone is 2. The first kappa shape index (κ1) is 13.2. The van der Waals surface area contributed by atoms with Crippen LogP contribution in [0.3, 0.4) is 0 Å². The summed E-state index contributed by atoms with van der Waals surface area (Å²) in [6.45, 7) is 2.27. The molecule has 0 bridgehead atoms. The summed E-state index contributed by atoms with van der Waals surface area (Å²) in [5.41, 5.74) is 0. The van der Waals surface area contributed by atoms with Gasteiger partial charge in [0.2, 0.25) is 0 Å². The minimum Gasteiger partial charge on any atom is -0.486 e. The zero-order valence-corrected chi connectivity index (χ0v) is 8.39. The highest BCUT2D eigenvalue weighted by Crippen LogP contribution is 1.91. The van der Waals surface area contributed by atoms with Gasteiger partial charge >= 0.3 is 6.09 Å². The van der Waals surface area contributed by atoms with Gasteiger partial charge in [-0.25, -0.2) is 4.79 Å². The molecule has 0 saturated heterocycles. The van der Waals surface area contributed by atoms with Crippen molar-refractivity contribution >= 4 is 18.7 Å². The minimum atomic E-state index is -0.548. The molecule has 84 valence electrons. The molecule has 1 N–H and O–H groups in total. The summed E-state index contributed by atoms with van der Waals surface area (Å²) in [6, 6.07) is 0. The fourth-order valence-electron chi connectivity index (χ4n) is 0.678. The predicted octanol–water partition coefficient (Wildman–Crippen LogP) is 0.0308. The fraction of sp³-hybridized carbons (Fsp3) is 0.444. The van der Waals surface area contributed by atoms with E-state index in [1.54, 1.807) is 6.92 Å². The van der Waals surface area contributed by atoms with E-state index in [-0.39, 0.29) is 19.0 Å². The van der Waals surface area contributed by atoms with Gasteiger partial charge in [-0.2, -0.15) is 0 Å². The van der Waals surface area contributed by atoms with Crippen LogP contribution >= 0.6 is 0 Å². The molecule has 0 aromatic carbocycles. The van der Waals surface area contributed by atoms with Crippen molar-refractivity contribution in [3.8, 4) is 0 Å². The van der Waals surface area contributed by atoms with Gasteiger partial charge in [0, 0.05) is 12.6 Å². The SMILES string of the molecule is CCNC(=O)OCCOC(C=O)=CC=O. The Hall–Kier alpha value is -1.85.